The lowest BCUT2D eigenvalue weighted by Crippen LogP contribution is -2.19. The van der Waals surface area contributed by atoms with Gasteiger partial charge < -0.3 is 5.11 Å². The van der Waals surface area contributed by atoms with Crippen LogP contribution in [0.25, 0.3) is 0 Å². The molecule has 90 valence electrons. The van der Waals surface area contributed by atoms with Crippen molar-refractivity contribution in [2.75, 3.05) is 0 Å². The smallest absolute Gasteiger partial charge is 0.351 e. The Morgan fingerprint density at radius 1 is 1.12 bits per heavy atom. The van der Waals surface area contributed by atoms with Crippen LogP contribution in [0, 0.1) is 0 Å². The Kier molecular flexibility index (Phi) is 3.60. The van der Waals surface area contributed by atoms with E-state index in [4.69, 9.17) is 11.6 Å². The van der Waals surface area contributed by atoms with Crippen LogP contribution in [0.4, 0.5) is 8.78 Å². The van der Waals surface area contributed by atoms with Gasteiger partial charge in [0.2, 0.25) is 0 Å². The van der Waals surface area contributed by atoms with Gasteiger partial charge in [0.25, 0.3) is 0 Å². The second-order valence-electron chi connectivity index (χ2n) is 4.82. The van der Waals surface area contributed by atoms with Crippen LogP contribution in [-0.4, -0.2) is 10.5 Å². The van der Waals surface area contributed by atoms with E-state index in [-0.39, 0.29) is 11.0 Å². The van der Waals surface area contributed by atoms with E-state index in [0.29, 0.717) is 0 Å². The molecule has 1 atom stereocenters. The van der Waals surface area contributed by atoms with Gasteiger partial charge in [0, 0.05) is 0 Å². The third kappa shape index (κ3) is 3.16. The number of aliphatic hydroxyl groups is 1. The molecule has 0 aromatic heterocycles. The van der Waals surface area contributed by atoms with E-state index >= 15 is 0 Å². The molecule has 1 nitrogen and oxygen atoms in total. The quantitative estimate of drug-likeness (QED) is 0.789. The van der Waals surface area contributed by atoms with E-state index in [2.05, 4.69) is 0 Å². The van der Waals surface area contributed by atoms with Gasteiger partial charge in [0.05, 0.1) is 0 Å². The molecule has 0 heterocycles. The second kappa shape index (κ2) is 4.30. The molecule has 0 fully saturated rings. The number of alkyl halides is 3. The van der Waals surface area contributed by atoms with Gasteiger partial charge in [-0.15, -0.1) is 0 Å². The van der Waals surface area contributed by atoms with Crippen LogP contribution in [0.3, 0.4) is 0 Å². The van der Waals surface area contributed by atoms with Gasteiger partial charge in [0.1, 0.15) is 0 Å². The zero-order chi connectivity index (χ0) is 12.6. The molecule has 0 aliphatic carbocycles. The summed E-state index contributed by atoms with van der Waals surface area (Å²) in [7, 11) is 0. The number of halogens is 3. The molecule has 0 aliphatic heterocycles. The third-order valence-electron chi connectivity index (χ3n) is 2.40. The molecule has 0 saturated carbocycles. The van der Waals surface area contributed by atoms with E-state index in [0.717, 1.165) is 5.56 Å². The average molecular weight is 249 g/mol. The molecule has 0 spiro atoms. The largest absolute Gasteiger partial charge is 0.381 e. The Balaban J connectivity index is 2.96. The number of hydrogen-bond donors (Lipinski definition) is 1. The number of benzene rings is 1. The molecule has 0 radical (unpaired) electrons. The number of hydrogen-bond acceptors (Lipinski definition) is 1. The van der Waals surface area contributed by atoms with Crippen LogP contribution in [0.1, 0.15) is 38.0 Å². The fraction of sp³-hybridized carbons (Fsp3) is 0.500. The molecule has 16 heavy (non-hydrogen) atoms. The molecular formula is C12H15ClF2O. The highest BCUT2D eigenvalue weighted by Crippen LogP contribution is 2.35. The van der Waals surface area contributed by atoms with Crippen molar-refractivity contribution in [2.24, 2.45) is 0 Å². The summed E-state index contributed by atoms with van der Waals surface area (Å²) in [6.45, 7) is 6.07. The molecule has 0 bridgehead atoms. The first kappa shape index (κ1) is 13.4. The highest BCUT2D eigenvalue weighted by Gasteiger charge is 2.36. The van der Waals surface area contributed by atoms with Crippen molar-refractivity contribution in [3.63, 3.8) is 0 Å². The SMILES string of the molecule is CC(C)(C)c1ccc(C(O)C(F)(F)Cl)cc1. The standard InChI is InChI=1S/C12H15ClF2O/c1-11(2,3)9-6-4-8(5-7-9)10(16)12(13,14)15/h4-7,10,16H,1-3H3. The summed E-state index contributed by atoms with van der Waals surface area (Å²) < 4.78 is 25.3. The molecule has 0 amide bonds. The van der Waals surface area contributed by atoms with Crippen molar-refractivity contribution in [2.45, 2.75) is 37.7 Å². The van der Waals surface area contributed by atoms with Gasteiger partial charge >= 0.3 is 5.38 Å². The van der Waals surface area contributed by atoms with Gasteiger partial charge in [-0.2, -0.15) is 8.78 Å². The van der Waals surface area contributed by atoms with E-state index < -0.39 is 11.5 Å². The first-order valence-electron chi connectivity index (χ1n) is 4.97. The molecule has 0 aliphatic rings. The lowest BCUT2D eigenvalue weighted by Gasteiger charge is -2.21. The Labute approximate surface area is 99.0 Å². The normalized spacial score (nSPS) is 14.9. The summed E-state index contributed by atoms with van der Waals surface area (Å²) in [5.74, 6) is 0. The average Bonchev–Trinajstić information content (AvgIpc) is 2.14. The highest BCUT2D eigenvalue weighted by atomic mass is 35.5. The minimum absolute atomic E-state index is 0.0486. The minimum Gasteiger partial charge on any atom is -0.381 e. The maximum atomic E-state index is 12.7. The second-order valence-corrected chi connectivity index (χ2v) is 5.32. The summed E-state index contributed by atoms with van der Waals surface area (Å²) in [4.78, 5) is 0. The van der Waals surface area contributed by atoms with Crippen LogP contribution in [0.15, 0.2) is 24.3 Å². The lowest BCUT2D eigenvalue weighted by atomic mass is 9.86. The predicted octanol–water partition coefficient (Wildman–Crippen LogP) is 3.85. The summed E-state index contributed by atoms with van der Waals surface area (Å²) in [5.41, 5.74) is 1.09. The van der Waals surface area contributed by atoms with E-state index in [1.165, 1.54) is 12.1 Å². The maximum absolute atomic E-state index is 12.7. The zero-order valence-corrected chi connectivity index (χ0v) is 10.2. The van der Waals surface area contributed by atoms with Crippen molar-refractivity contribution >= 4 is 11.6 Å². The van der Waals surface area contributed by atoms with Crippen molar-refractivity contribution < 1.29 is 13.9 Å². The lowest BCUT2D eigenvalue weighted by molar-refractivity contribution is -0.0424. The van der Waals surface area contributed by atoms with E-state index in [9.17, 15) is 13.9 Å². The Morgan fingerprint density at radius 3 is 1.88 bits per heavy atom. The van der Waals surface area contributed by atoms with Crippen LogP contribution >= 0.6 is 11.6 Å². The molecule has 0 saturated heterocycles. The van der Waals surface area contributed by atoms with Crippen LogP contribution in [-0.2, 0) is 5.41 Å². The molecule has 1 aromatic carbocycles. The summed E-state index contributed by atoms with van der Waals surface area (Å²) in [6, 6.07) is 6.39. The van der Waals surface area contributed by atoms with E-state index in [1.807, 2.05) is 20.8 Å². The van der Waals surface area contributed by atoms with Gasteiger partial charge in [0.15, 0.2) is 6.10 Å². The fourth-order valence-corrected chi connectivity index (χ4v) is 1.48. The molecule has 1 unspecified atom stereocenters. The molecule has 1 aromatic rings. The molecule has 4 heteroatoms. The first-order valence-corrected chi connectivity index (χ1v) is 5.35. The summed E-state index contributed by atoms with van der Waals surface area (Å²) in [6.07, 6.45) is -1.97. The molecular weight excluding hydrogens is 234 g/mol. The van der Waals surface area contributed by atoms with Crippen LogP contribution in [0.5, 0.6) is 0 Å². The molecule has 1 N–H and O–H groups in total. The van der Waals surface area contributed by atoms with Crippen LogP contribution < -0.4 is 0 Å². The molecule has 1 rings (SSSR count). The van der Waals surface area contributed by atoms with Crippen molar-refractivity contribution in [3.05, 3.63) is 35.4 Å². The third-order valence-corrected chi connectivity index (χ3v) is 2.61. The topological polar surface area (TPSA) is 20.2 Å². The van der Waals surface area contributed by atoms with Crippen LogP contribution in [0.2, 0.25) is 0 Å². The van der Waals surface area contributed by atoms with Gasteiger partial charge in [-0.1, -0.05) is 45.0 Å². The Morgan fingerprint density at radius 2 is 1.56 bits per heavy atom. The van der Waals surface area contributed by atoms with Crippen molar-refractivity contribution in [1.82, 2.24) is 0 Å². The first-order chi connectivity index (χ1) is 7.12. The van der Waals surface area contributed by atoms with Gasteiger partial charge in [-0.25, -0.2) is 0 Å². The number of aliphatic hydroxyl groups excluding tert-OH is 1. The highest BCUT2D eigenvalue weighted by molar-refractivity contribution is 6.22. The monoisotopic (exact) mass is 248 g/mol. The number of rotatable bonds is 2. The maximum Gasteiger partial charge on any atom is 0.351 e. The predicted molar refractivity (Wildman–Crippen MR) is 60.9 cm³/mol. The van der Waals surface area contributed by atoms with Crippen molar-refractivity contribution in [1.29, 1.82) is 0 Å². The van der Waals surface area contributed by atoms with Crippen molar-refractivity contribution in [3.8, 4) is 0 Å². The fourth-order valence-electron chi connectivity index (χ4n) is 1.35. The van der Waals surface area contributed by atoms with Gasteiger partial charge in [-0.3, -0.25) is 0 Å². The Hall–Kier alpha value is -0.670. The zero-order valence-electron chi connectivity index (χ0n) is 9.47. The summed E-state index contributed by atoms with van der Waals surface area (Å²) in [5, 5.41) is 5.63. The summed E-state index contributed by atoms with van der Waals surface area (Å²) >= 11 is 4.76. The minimum atomic E-state index is -3.64. The van der Waals surface area contributed by atoms with E-state index in [1.54, 1.807) is 12.1 Å². The Bertz CT molecular complexity index is 349. The van der Waals surface area contributed by atoms with Gasteiger partial charge in [-0.05, 0) is 28.1 Å².